The van der Waals surface area contributed by atoms with Gasteiger partial charge < -0.3 is 10.2 Å². The Kier molecular flexibility index (Phi) is 5.56. The van der Waals surface area contributed by atoms with E-state index in [9.17, 15) is 4.79 Å². The van der Waals surface area contributed by atoms with Crippen LogP contribution in [0.4, 0.5) is 5.69 Å². The number of nitrogens with one attached hydrogen (secondary N) is 1. The minimum absolute atomic E-state index is 0.105. The van der Waals surface area contributed by atoms with E-state index in [2.05, 4.69) is 22.3 Å². The number of nitriles is 1. The van der Waals surface area contributed by atoms with Gasteiger partial charge in [-0.25, -0.2) is 0 Å². The van der Waals surface area contributed by atoms with Crippen molar-refractivity contribution in [1.29, 1.82) is 5.26 Å². The zero-order chi connectivity index (χ0) is 15.8. The zero-order valence-corrected chi connectivity index (χ0v) is 12.6. The van der Waals surface area contributed by atoms with E-state index in [-0.39, 0.29) is 5.91 Å². The predicted octanol–water partition coefficient (Wildman–Crippen LogP) is 2.81. The molecule has 0 atom stereocenters. The summed E-state index contributed by atoms with van der Waals surface area (Å²) in [5.74, 6) is -0.105. The number of benzene rings is 2. The van der Waals surface area contributed by atoms with Crippen LogP contribution in [0.1, 0.15) is 22.3 Å². The molecule has 0 aliphatic heterocycles. The van der Waals surface area contributed by atoms with Crippen LogP contribution in [0.15, 0.2) is 54.6 Å². The van der Waals surface area contributed by atoms with Gasteiger partial charge in [0, 0.05) is 31.4 Å². The van der Waals surface area contributed by atoms with E-state index >= 15 is 0 Å². The van der Waals surface area contributed by atoms with Crippen molar-refractivity contribution in [2.24, 2.45) is 0 Å². The maximum atomic E-state index is 12.0. The van der Waals surface area contributed by atoms with Crippen molar-refractivity contribution in [3.05, 3.63) is 65.7 Å². The number of para-hydroxylation sites is 1. The van der Waals surface area contributed by atoms with Crippen molar-refractivity contribution < 1.29 is 4.79 Å². The number of carbonyl (C=O) groups is 1. The molecule has 1 amide bonds. The molecule has 2 aromatic carbocycles. The molecule has 0 saturated heterocycles. The highest BCUT2D eigenvalue weighted by Crippen LogP contribution is 2.10. The van der Waals surface area contributed by atoms with Crippen molar-refractivity contribution >= 4 is 11.6 Å². The molecule has 0 bridgehead atoms. The topological polar surface area (TPSA) is 56.1 Å². The van der Waals surface area contributed by atoms with Crippen molar-refractivity contribution in [2.45, 2.75) is 6.42 Å². The summed E-state index contributed by atoms with van der Waals surface area (Å²) < 4.78 is 0. The molecule has 112 valence electrons. The van der Waals surface area contributed by atoms with Crippen LogP contribution in [0, 0.1) is 11.3 Å². The molecule has 0 radical (unpaired) electrons. The summed E-state index contributed by atoms with van der Waals surface area (Å²) in [5, 5.41) is 11.6. The largest absolute Gasteiger partial charge is 0.375 e. The second-order valence-electron chi connectivity index (χ2n) is 5.06. The molecule has 1 N–H and O–H groups in total. The normalized spacial score (nSPS) is 9.82. The average molecular weight is 293 g/mol. The second-order valence-corrected chi connectivity index (χ2v) is 5.06. The maximum absolute atomic E-state index is 12.0. The van der Waals surface area contributed by atoms with Gasteiger partial charge in [-0.2, -0.15) is 5.26 Å². The highest BCUT2D eigenvalue weighted by Gasteiger charge is 2.05. The SMILES string of the molecule is CN(CCCNC(=O)c1ccc(C#N)cc1)c1ccccc1. The Hall–Kier alpha value is -2.80. The molecule has 2 aromatic rings. The Morgan fingerprint density at radius 1 is 1.14 bits per heavy atom. The average Bonchev–Trinajstić information content (AvgIpc) is 2.59. The van der Waals surface area contributed by atoms with Gasteiger partial charge in [-0.3, -0.25) is 4.79 Å². The van der Waals surface area contributed by atoms with Gasteiger partial charge in [-0.1, -0.05) is 18.2 Å². The van der Waals surface area contributed by atoms with Crippen molar-refractivity contribution in [3.8, 4) is 6.07 Å². The fourth-order valence-corrected chi connectivity index (χ4v) is 2.13. The number of nitrogens with zero attached hydrogens (tertiary/aromatic N) is 2. The molecule has 0 aromatic heterocycles. The van der Waals surface area contributed by atoms with Crippen LogP contribution in [0.25, 0.3) is 0 Å². The third-order valence-corrected chi connectivity index (χ3v) is 3.43. The number of rotatable bonds is 6. The van der Waals surface area contributed by atoms with Gasteiger partial charge in [-0.15, -0.1) is 0 Å². The van der Waals surface area contributed by atoms with Crippen LogP contribution in [0.2, 0.25) is 0 Å². The molecule has 0 unspecified atom stereocenters. The summed E-state index contributed by atoms with van der Waals surface area (Å²) in [4.78, 5) is 14.1. The van der Waals surface area contributed by atoms with Crippen molar-refractivity contribution in [3.63, 3.8) is 0 Å². The maximum Gasteiger partial charge on any atom is 0.251 e. The van der Waals surface area contributed by atoms with E-state index in [1.54, 1.807) is 24.3 Å². The summed E-state index contributed by atoms with van der Waals surface area (Å²) in [7, 11) is 2.04. The van der Waals surface area contributed by atoms with E-state index in [0.29, 0.717) is 17.7 Å². The molecule has 0 heterocycles. The summed E-state index contributed by atoms with van der Waals surface area (Å²) in [6.45, 7) is 1.49. The Labute approximate surface area is 131 Å². The monoisotopic (exact) mass is 293 g/mol. The van der Waals surface area contributed by atoms with Gasteiger partial charge in [0.25, 0.3) is 5.91 Å². The van der Waals surface area contributed by atoms with Crippen LogP contribution >= 0.6 is 0 Å². The van der Waals surface area contributed by atoms with Crippen LogP contribution in [0.3, 0.4) is 0 Å². The standard InChI is InChI=1S/C18H19N3O/c1-21(17-6-3-2-4-7-17)13-5-12-20-18(22)16-10-8-15(14-19)9-11-16/h2-4,6-11H,5,12-13H2,1H3,(H,20,22). The van der Waals surface area contributed by atoms with Crippen molar-refractivity contribution in [1.82, 2.24) is 5.32 Å². The van der Waals surface area contributed by atoms with E-state index in [4.69, 9.17) is 5.26 Å². The van der Waals surface area contributed by atoms with Crippen LogP contribution < -0.4 is 10.2 Å². The van der Waals surface area contributed by atoms with Crippen molar-refractivity contribution in [2.75, 3.05) is 25.0 Å². The molecule has 0 aliphatic carbocycles. The van der Waals surface area contributed by atoms with E-state index < -0.39 is 0 Å². The Bertz CT molecular complexity index is 644. The van der Waals surface area contributed by atoms with Gasteiger partial charge >= 0.3 is 0 Å². The Morgan fingerprint density at radius 2 is 1.82 bits per heavy atom. The first-order valence-corrected chi connectivity index (χ1v) is 7.25. The van der Waals surface area contributed by atoms with Crippen LogP contribution in [0.5, 0.6) is 0 Å². The third-order valence-electron chi connectivity index (χ3n) is 3.43. The smallest absolute Gasteiger partial charge is 0.251 e. The van der Waals surface area contributed by atoms with Crippen LogP contribution in [-0.4, -0.2) is 26.0 Å². The molecule has 4 nitrogen and oxygen atoms in total. The first-order chi connectivity index (χ1) is 10.7. The number of amides is 1. The van der Waals surface area contributed by atoms with Crippen LogP contribution in [-0.2, 0) is 0 Å². The number of hydrogen-bond donors (Lipinski definition) is 1. The molecule has 0 saturated carbocycles. The third kappa shape index (κ3) is 4.35. The lowest BCUT2D eigenvalue weighted by Gasteiger charge is -2.19. The van der Waals surface area contributed by atoms with Gasteiger partial charge in [-0.05, 0) is 42.8 Å². The summed E-state index contributed by atoms with van der Waals surface area (Å²) in [6, 6.07) is 18.8. The molecule has 0 spiro atoms. The number of hydrogen-bond acceptors (Lipinski definition) is 3. The molecule has 0 aliphatic rings. The molecule has 4 heteroatoms. The van der Waals surface area contributed by atoms with E-state index in [0.717, 1.165) is 13.0 Å². The van der Waals surface area contributed by atoms with E-state index in [1.165, 1.54) is 5.69 Å². The summed E-state index contributed by atoms with van der Waals surface area (Å²) >= 11 is 0. The zero-order valence-electron chi connectivity index (χ0n) is 12.6. The second kappa shape index (κ2) is 7.84. The molecular formula is C18H19N3O. The summed E-state index contributed by atoms with van der Waals surface area (Å²) in [6.07, 6.45) is 0.868. The highest BCUT2D eigenvalue weighted by molar-refractivity contribution is 5.94. The first kappa shape index (κ1) is 15.6. The molecule has 0 fully saturated rings. The summed E-state index contributed by atoms with van der Waals surface area (Å²) in [5.41, 5.74) is 2.30. The molecule has 2 rings (SSSR count). The Morgan fingerprint density at radius 3 is 2.45 bits per heavy atom. The lowest BCUT2D eigenvalue weighted by atomic mass is 10.1. The molecular weight excluding hydrogens is 274 g/mol. The first-order valence-electron chi connectivity index (χ1n) is 7.25. The minimum Gasteiger partial charge on any atom is -0.375 e. The fraction of sp³-hybridized carbons (Fsp3) is 0.222. The molecule has 22 heavy (non-hydrogen) atoms. The lowest BCUT2D eigenvalue weighted by molar-refractivity contribution is 0.0953. The predicted molar refractivity (Wildman–Crippen MR) is 87.8 cm³/mol. The highest BCUT2D eigenvalue weighted by atomic mass is 16.1. The van der Waals surface area contributed by atoms with Gasteiger partial charge in [0.1, 0.15) is 0 Å². The quantitative estimate of drug-likeness (QED) is 0.833. The van der Waals surface area contributed by atoms with Gasteiger partial charge in [0.15, 0.2) is 0 Å². The minimum atomic E-state index is -0.105. The lowest BCUT2D eigenvalue weighted by Crippen LogP contribution is -2.28. The number of carbonyl (C=O) groups excluding carboxylic acids is 1. The number of anilines is 1. The van der Waals surface area contributed by atoms with Gasteiger partial charge in [0.2, 0.25) is 0 Å². The Balaban J connectivity index is 1.74. The van der Waals surface area contributed by atoms with E-state index in [1.807, 2.05) is 31.3 Å². The fourth-order valence-electron chi connectivity index (χ4n) is 2.13. The van der Waals surface area contributed by atoms with Gasteiger partial charge in [0.05, 0.1) is 11.6 Å².